The Morgan fingerprint density at radius 3 is 2.29 bits per heavy atom. The molecule has 3 heteroatoms. The first kappa shape index (κ1) is 9.35. The second-order valence-corrected chi connectivity index (χ2v) is 0.685. The van der Waals surface area contributed by atoms with Crippen LogP contribution in [-0.2, 0) is 9.53 Å². The van der Waals surface area contributed by atoms with Gasteiger partial charge in [0.15, 0.2) is 0 Å². The molecule has 0 aliphatic rings. The molecule has 0 spiro atoms. The Bertz CT molecular complexity index is 92.4. The molecular weight excluding hydrogens is 94.0 g/mol. The van der Waals surface area contributed by atoms with E-state index in [0.717, 1.165) is 0 Å². The van der Waals surface area contributed by atoms with Gasteiger partial charge in [0.2, 0.25) is 0 Å². The van der Waals surface area contributed by atoms with Crippen molar-refractivity contribution in [1.82, 2.24) is 0 Å². The summed E-state index contributed by atoms with van der Waals surface area (Å²) in [6.45, 7) is 1.17. The Balaban J connectivity index is 0. The van der Waals surface area contributed by atoms with Crippen LogP contribution in [0.3, 0.4) is 0 Å². The fraction of sp³-hybridized carbons (Fsp3) is 0.500. The Labute approximate surface area is 42.5 Å². The van der Waals surface area contributed by atoms with Crippen LogP contribution in [0.5, 0.6) is 0 Å². The van der Waals surface area contributed by atoms with Gasteiger partial charge in [-0.2, -0.15) is 0 Å². The topological polar surface area (TPSA) is 50.1 Å². The van der Waals surface area contributed by atoms with E-state index in [-0.39, 0.29) is 7.43 Å². The van der Waals surface area contributed by atoms with E-state index in [1.807, 2.05) is 0 Å². The van der Waals surface area contributed by atoms with Gasteiger partial charge in [0.05, 0.1) is 0 Å². The summed E-state index contributed by atoms with van der Waals surface area (Å²) in [5.74, 6) is -0.572. The van der Waals surface area contributed by atoms with Gasteiger partial charge >= 0.3 is 5.97 Å². The highest BCUT2D eigenvalue weighted by molar-refractivity contribution is 5.66. The first-order valence-corrected chi connectivity index (χ1v) is 1.34. The third kappa shape index (κ3) is 11.3. The molecule has 0 rings (SSSR count). The molecule has 7 heavy (non-hydrogen) atoms. The monoisotopic (exact) mass is 101 g/mol. The summed E-state index contributed by atoms with van der Waals surface area (Å²) in [6.07, 6.45) is 1.22. The molecular formula is C4H7NO2. The molecule has 0 unspecified atom stereocenters. The lowest BCUT2D eigenvalue weighted by Gasteiger charge is -1.75. The minimum atomic E-state index is -0.572. The average molecular weight is 101 g/mol. The molecule has 0 amide bonds. The summed E-state index contributed by atoms with van der Waals surface area (Å²) in [6, 6.07) is 0. The molecule has 0 saturated carbocycles. The van der Waals surface area contributed by atoms with Gasteiger partial charge in [-0.25, -0.2) is 0 Å². The van der Waals surface area contributed by atoms with Crippen molar-refractivity contribution < 1.29 is 9.53 Å². The van der Waals surface area contributed by atoms with Crippen LogP contribution < -0.4 is 0 Å². The third-order valence-corrected chi connectivity index (χ3v) is 0.189. The fourth-order valence-electron chi connectivity index (χ4n) is 0.0643. The largest absolute Gasteiger partial charge is 0.351 e. The summed E-state index contributed by atoms with van der Waals surface area (Å²) < 4.78 is 3.71. The molecule has 0 radical (unpaired) electrons. The molecule has 0 aliphatic heterocycles. The van der Waals surface area contributed by atoms with E-state index in [2.05, 4.69) is 4.74 Å². The first-order valence-electron chi connectivity index (χ1n) is 1.34. The van der Waals surface area contributed by atoms with Crippen LogP contribution >= 0.6 is 0 Å². The van der Waals surface area contributed by atoms with Crippen molar-refractivity contribution in [2.45, 2.75) is 14.4 Å². The molecule has 0 aromatic rings. The molecule has 0 aromatic carbocycles. The smallest absolute Gasteiger partial charge is 0.318 e. The van der Waals surface area contributed by atoms with Crippen molar-refractivity contribution in [3.63, 3.8) is 0 Å². The third-order valence-electron chi connectivity index (χ3n) is 0.189. The van der Waals surface area contributed by atoms with Crippen molar-refractivity contribution in [1.29, 1.82) is 5.26 Å². The van der Waals surface area contributed by atoms with Crippen LogP contribution in [0, 0.1) is 11.5 Å². The van der Waals surface area contributed by atoms with Gasteiger partial charge in [-0.05, 0) is 0 Å². The quantitative estimate of drug-likeness (QED) is 0.333. The summed E-state index contributed by atoms with van der Waals surface area (Å²) in [5, 5.41) is 7.54. The van der Waals surface area contributed by atoms with Gasteiger partial charge in [-0.3, -0.25) is 4.79 Å². The number of rotatable bonds is 0. The van der Waals surface area contributed by atoms with Crippen molar-refractivity contribution in [3.8, 4) is 6.26 Å². The maximum atomic E-state index is 9.60. The van der Waals surface area contributed by atoms with Crippen molar-refractivity contribution >= 4 is 5.97 Å². The predicted octanol–water partition coefficient (Wildman–Crippen LogP) is 0.667. The van der Waals surface area contributed by atoms with Crippen molar-refractivity contribution in [2.75, 3.05) is 0 Å². The lowest BCUT2D eigenvalue weighted by molar-refractivity contribution is -0.134. The first-order chi connectivity index (χ1) is 2.77. The Morgan fingerprint density at radius 2 is 2.29 bits per heavy atom. The van der Waals surface area contributed by atoms with E-state index < -0.39 is 5.97 Å². The highest BCUT2D eigenvalue weighted by atomic mass is 16.5. The number of hydrogen-bond acceptors (Lipinski definition) is 3. The molecule has 0 N–H and O–H groups in total. The fourth-order valence-corrected chi connectivity index (χ4v) is 0.0643. The minimum absolute atomic E-state index is 0. The lowest BCUT2D eigenvalue weighted by atomic mass is 10.8. The van der Waals surface area contributed by atoms with Gasteiger partial charge in [0.25, 0.3) is 6.26 Å². The van der Waals surface area contributed by atoms with Crippen LogP contribution in [0.15, 0.2) is 0 Å². The minimum Gasteiger partial charge on any atom is -0.351 e. The van der Waals surface area contributed by atoms with E-state index in [1.54, 1.807) is 0 Å². The van der Waals surface area contributed by atoms with E-state index in [0.29, 0.717) is 0 Å². The maximum Gasteiger partial charge on any atom is 0.318 e. The molecule has 0 saturated heterocycles. The average Bonchev–Trinajstić information content (AvgIpc) is 1.35. The summed E-state index contributed by atoms with van der Waals surface area (Å²) in [7, 11) is 0. The van der Waals surface area contributed by atoms with Crippen LogP contribution in [0.4, 0.5) is 0 Å². The second-order valence-electron chi connectivity index (χ2n) is 0.685. The number of nitriles is 1. The van der Waals surface area contributed by atoms with E-state index in [1.165, 1.54) is 13.2 Å². The van der Waals surface area contributed by atoms with Gasteiger partial charge < -0.3 is 4.74 Å². The number of esters is 1. The number of carbonyl (C=O) groups excluding carboxylic acids is 1. The molecule has 0 aromatic heterocycles. The normalized spacial score (nSPS) is 5.14. The summed E-state index contributed by atoms with van der Waals surface area (Å²) >= 11 is 0. The molecule has 0 fully saturated rings. The van der Waals surface area contributed by atoms with E-state index >= 15 is 0 Å². The summed E-state index contributed by atoms with van der Waals surface area (Å²) in [5.41, 5.74) is 0. The van der Waals surface area contributed by atoms with Gasteiger partial charge in [-0.15, -0.1) is 5.26 Å². The molecule has 3 nitrogen and oxygen atoms in total. The Morgan fingerprint density at radius 1 is 1.86 bits per heavy atom. The Kier molecular flexibility index (Phi) is 6.63. The maximum absolute atomic E-state index is 9.60. The molecule has 0 aliphatic carbocycles. The van der Waals surface area contributed by atoms with Crippen LogP contribution in [0.25, 0.3) is 0 Å². The Hall–Kier alpha value is -1.04. The second kappa shape index (κ2) is 4.96. The predicted molar refractivity (Wildman–Crippen MR) is 24.1 cm³/mol. The molecule has 0 heterocycles. The van der Waals surface area contributed by atoms with Crippen LogP contribution in [-0.4, -0.2) is 5.97 Å². The van der Waals surface area contributed by atoms with Crippen LogP contribution in [0.1, 0.15) is 14.4 Å². The lowest BCUT2D eigenvalue weighted by Crippen LogP contribution is -1.88. The number of carbonyl (C=O) groups is 1. The van der Waals surface area contributed by atoms with E-state index in [4.69, 9.17) is 5.26 Å². The van der Waals surface area contributed by atoms with Crippen LogP contribution in [0.2, 0.25) is 0 Å². The highest BCUT2D eigenvalue weighted by Crippen LogP contribution is 1.65. The van der Waals surface area contributed by atoms with Gasteiger partial charge in [0, 0.05) is 6.92 Å². The van der Waals surface area contributed by atoms with Crippen molar-refractivity contribution in [3.05, 3.63) is 0 Å². The van der Waals surface area contributed by atoms with E-state index in [9.17, 15) is 4.79 Å². The number of nitrogens with zero attached hydrogens (tertiary/aromatic N) is 1. The molecule has 40 valence electrons. The SMILES string of the molecule is C.CC(=O)OC#N. The molecule has 0 atom stereocenters. The van der Waals surface area contributed by atoms with Gasteiger partial charge in [0.1, 0.15) is 0 Å². The standard InChI is InChI=1S/C3H3NO2.CH4/c1-3(5)6-2-4;/h1H3;1H4. The summed E-state index contributed by atoms with van der Waals surface area (Å²) in [4.78, 5) is 9.60. The zero-order valence-corrected chi connectivity index (χ0v) is 3.26. The zero-order valence-electron chi connectivity index (χ0n) is 3.26. The van der Waals surface area contributed by atoms with Gasteiger partial charge in [-0.1, -0.05) is 7.43 Å². The number of hydrogen-bond donors (Lipinski definition) is 0. The highest BCUT2D eigenvalue weighted by Gasteiger charge is 1.82. The number of ether oxygens (including phenoxy) is 1. The van der Waals surface area contributed by atoms with Crippen molar-refractivity contribution in [2.24, 2.45) is 0 Å². The zero-order chi connectivity index (χ0) is 4.99. The molecule has 0 bridgehead atoms.